The maximum absolute atomic E-state index is 11.0. The van der Waals surface area contributed by atoms with E-state index < -0.39 is 0 Å². The Bertz CT molecular complexity index is 360. The molecule has 102 valence electrons. The third kappa shape index (κ3) is 5.35. The van der Waals surface area contributed by atoms with Crippen molar-refractivity contribution < 1.29 is 4.79 Å². The van der Waals surface area contributed by atoms with Gasteiger partial charge in [0.25, 0.3) is 0 Å². The van der Waals surface area contributed by atoms with E-state index in [0.29, 0.717) is 0 Å². The van der Waals surface area contributed by atoms with Crippen molar-refractivity contribution in [1.82, 2.24) is 0 Å². The summed E-state index contributed by atoms with van der Waals surface area (Å²) in [6.45, 7) is 12.4. The molecule has 1 aromatic carbocycles. The van der Waals surface area contributed by atoms with Gasteiger partial charge < -0.3 is 5.73 Å². The second-order valence-corrected chi connectivity index (χ2v) is 5.45. The largest absolute Gasteiger partial charge is 0.369 e. The van der Waals surface area contributed by atoms with Crippen molar-refractivity contribution in [1.29, 1.82) is 0 Å². The average Bonchev–Trinajstić information content (AvgIpc) is 2.31. The van der Waals surface area contributed by atoms with E-state index in [-0.39, 0.29) is 17.2 Å². The SMILES string of the molecule is CC.CC(Cc1ccc(C(C)(C)C)cc1)C(N)=O. The van der Waals surface area contributed by atoms with Gasteiger partial charge in [-0.05, 0) is 23.0 Å². The van der Waals surface area contributed by atoms with Crippen molar-refractivity contribution >= 4 is 5.91 Å². The second kappa shape index (κ2) is 7.20. The first kappa shape index (κ1) is 16.7. The van der Waals surface area contributed by atoms with Crippen LogP contribution in [0.2, 0.25) is 0 Å². The van der Waals surface area contributed by atoms with Crippen LogP contribution in [-0.2, 0) is 16.6 Å². The highest BCUT2D eigenvalue weighted by Crippen LogP contribution is 2.22. The molecule has 18 heavy (non-hydrogen) atoms. The number of nitrogens with two attached hydrogens (primary N) is 1. The highest BCUT2D eigenvalue weighted by atomic mass is 16.1. The summed E-state index contributed by atoms with van der Waals surface area (Å²) in [5.41, 5.74) is 7.89. The normalized spacial score (nSPS) is 12.3. The lowest BCUT2D eigenvalue weighted by atomic mass is 9.86. The number of primary amides is 1. The van der Waals surface area contributed by atoms with Crippen LogP contribution in [0, 0.1) is 5.92 Å². The molecular weight excluding hydrogens is 222 g/mol. The van der Waals surface area contributed by atoms with Crippen LogP contribution in [0.4, 0.5) is 0 Å². The van der Waals surface area contributed by atoms with Crippen molar-refractivity contribution in [2.24, 2.45) is 11.7 Å². The van der Waals surface area contributed by atoms with E-state index >= 15 is 0 Å². The van der Waals surface area contributed by atoms with Crippen molar-refractivity contribution in [3.63, 3.8) is 0 Å². The third-order valence-electron chi connectivity index (χ3n) is 2.85. The molecular formula is C16H27NO. The van der Waals surface area contributed by atoms with Gasteiger partial charge in [0.1, 0.15) is 0 Å². The van der Waals surface area contributed by atoms with Gasteiger partial charge in [0, 0.05) is 5.92 Å². The molecule has 2 N–H and O–H groups in total. The van der Waals surface area contributed by atoms with Crippen molar-refractivity contribution in [2.75, 3.05) is 0 Å². The third-order valence-corrected chi connectivity index (χ3v) is 2.85. The summed E-state index contributed by atoms with van der Waals surface area (Å²) >= 11 is 0. The molecule has 1 amide bonds. The zero-order valence-corrected chi connectivity index (χ0v) is 12.6. The Morgan fingerprint density at radius 2 is 1.61 bits per heavy atom. The summed E-state index contributed by atoms with van der Waals surface area (Å²) in [4.78, 5) is 11.0. The zero-order valence-electron chi connectivity index (χ0n) is 12.6. The van der Waals surface area contributed by atoms with Crippen LogP contribution in [0.5, 0.6) is 0 Å². The first-order valence-corrected chi connectivity index (χ1v) is 6.69. The van der Waals surface area contributed by atoms with E-state index in [0.717, 1.165) is 6.42 Å². The van der Waals surface area contributed by atoms with Gasteiger partial charge in [-0.3, -0.25) is 4.79 Å². The lowest BCUT2D eigenvalue weighted by molar-refractivity contribution is -0.121. The molecule has 2 heteroatoms. The summed E-state index contributed by atoms with van der Waals surface area (Å²) in [5, 5.41) is 0. The van der Waals surface area contributed by atoms with Crippen molar-refractivity contribution in [2.45, 2.75) is 53.4 Å². The fourth-order valence-electron chi connectivity index (χ4n) is 1.59. The summed E-state index contributed by atoms with van der Waals surface area (Å²) in [6.07, 6.45) is 0.722. The van der Waals surface area contributed by atoms with Gasteiger partial charge in [-0.15, -0.1) is 0 Å². The molecule has 0 spiro atoms. The summed E-state index contributed by atoms with van der Waals surface area (Å²) in [6, 6.07) is 8.42. The highest BCUT2D eigenvalue weighted by molar-refractivity contribution is 5.76. The van der Waals surface area contributed by atoms with Gasteiger partial charge in [0.15, 0.2) is 0 Å². The van der Waals surface area contributed by atoms with E-state index in [4.69, 9.17) is 5.73 Å². The number of carbonyl (C=O) groups is 1. The van der Waals surface area contributed by atoms with E-state index in [9.17, 15) is 4.79 Å². The number of rotatable bonds is 3. The smallest absolute Gasteiger partial charge is 0.220 e. The summed E-state index contributed by atoms with van der Waals surface area (Å²) in [7, 11) is 0. The standard InChI is InChI=1S/C14H21NO.C2H6/c1-10(13(15)16)9-11-5-7-12(8-6-11)14(2,3)4;1-2/h5-8,10H,9H2,1-4H3,(H2,15,16);1-2H3. The lowest BCUT2D eigenvalue weighted by Crippen LogP contribution is -2.22. The quantitative estimate of drug-likeness (QED) is 0.872. The van der Waals surface area contributed by atoms with Crippen molar-refractivity contribution in [3.05, 3.63) is 35.4 Å². The Labute approximate surface area is 112 Å². The van der Waals surface area contributed by atoms with E-state index in [1.54, 1.807) is 0 Å². The molecule has 0 aromatic heterocycles. The van der Waals surface area contributed by atoms with Gasteiger partial charge in [0.05, 0.1) is 0 Å². The number of benzene rings is 1. The lowest BCUT2D eigenvalue weighted by Gasteiger charge is -2.19. The van der Waals surface area contributed by atoms with Crippen LogP contribution in [0.1, 0.15) is 52.7 Å². The first-order chi connectivity index (χ1) is 8.30. The number of amides is 1. The molecule has 0 aliphatic rings. The van der Waals surface area contributed by atoms with E-state index in [2.05, 4.69) is 45.0 Å². The molecule has 0 heterocycles. The molecule has 0 aliphatic carbocycles. The minimum atomic E-state index is -0.236. The minimum absolute atomic E-state index is 0.0968. The Hall–Kier alpha value is -1.31. The van der Waals surface area contributed by atoms with Gasteiger partial charge in [-0.1, -0.05) is 65.8 Å². The first-order valence-electron chi connectivity index (χ1n) is 6.69. The minimum Gasteiger partial charge on any atom is -0.369 e. The maximum atomic E-state index is 11.0. The Morgan fingerprint density at radius 3 is 1.94 bits per heavy atom. The molecule has 0 bridgehead atoms. The summed E-state index contributed by atoms with van der Waals surface area (Å²) in [5.74, 6) is -0.333. The fourth-order valence-corrected chi connectivity index (χ4v) is 1.59. The Balaban J connectivity index is 0.00000137. The van der Waals surface area contributed by atoms with Crippen LogP contribution < -0.4 is 5.73 Å². The maximum Gasteiger partial charge on any atom is 0.220 e. The van der Waals surface area contributed by atoms with Gasteiger partial charge in [-0.25, -0.2) is 0 Å². The average molecular weight is 249 g/mol. The molecule has 0 saturated carbocycles. The number of carbonyl (C=O) groups excluding carboxylic acids is 1. The van der Waals surface area contributed by atoms with E-state index in [1.165, 1.54) is 11.1 Å². The molecule has 0 aliphatic heterocycles. The second-order valence-electron chi connectivity index (χ2n) is 5.45. The molecule has 2 nitrogen and oxygen atoms in total. The van der Waals surface area contributed by atoms with Crippen LogP contribution in [0.15, 0.2) is 24.3 Å². The van der Waals surface area contributed by atoms with Crippen LogP contribution in [0.3, 0.4) is 0 Å². The molecule has 1 rings (SSSR count). The monoisotopic (exact) mass is 249 g/mol. The number of hydrogen-bond acceptors (Lipinski definition) is 1. The van der Waals surface area contributed by atoms with Crippen LogP contribution in [0.25, 0.3) is 0 Å². The van der Waals surface area contributed by atoms with Gasteiger partial charge in [0.2, 0.25) is 5.91 Å². The molecule has 0 saturated heterocycles. The van der Waals surface area contributed by atoms with E-state index in [1.807, 2.05) is 20.8 Å². The zero-order chi connectivity index (χ0) is 14.3. The highest BCUT2D eigenvalue weighted by Gasteiger charge is 2.14. The molecule has 0 fully saturated rings. The Morgan fingerprint density at radius 1 is 1.17 bits per heavy atom. The van der Waals surface area contributed by atoms with Gasteiger partial charge >= 0.3 is 0 Å². The predicted octanol–water partition coefficient (Wildman–Crippen LogP) is 3.67. The molecule has 1 unspecified atom stereocenters. The summed E-state index contributed by atoms with van der Waals surface area (Å²) < 4.78 is 0. The molecule has 1 atom stereocenters. The van der Waals surface area contributed by atoms with Crippen LogP contribution >= 0.6 is 0 Å². The van der Waals surface area contributed by atoms with Crippen LogP contribution in [-0.4, -0.2) is 5.91 Å². The van der Waals surface area contributed by atoms with Crippen molar-refractivity contribution in [3.8, 4) is 0 Å². The van der Waals surface area contributed by atoms with Gasteiger partial charge in [-0.2, -0.15) is 0 Å². The number of hydrogen-bond donors (Lipinski definition) is 1. The predicted molar refractivity (Wildman–Crippen MR) is 78.6 cm³/mol. The molecule has 1 aromatic rings. The topological polar surface area (TPSA) is 43.1 Å². The fraction of sp³-hybridized carbons (Fsp3) is 0.562. The Kier molecular flexibility index (Phi) is 6.67. The molecule has 0 radical (unpaired) electrons.